The smallest absolute Gasteiger partial charge is 0.233 e. The Bertz CT molecular complexity index is 1340. The van der Waals surface area contributed by atoms with Gasteiger partial charge >= 0.3 is 0 Å². The Labute approximate surface area is 219 Å². The number of anilines is 3. The largest absolute Gasteiger partial charge is 0.381 e. The third-order valence-electron chi connectivity index (χ3n) is 6.49. The van der Waals surface area contributed by atoms with Crippen LogP contribution >= 0.6 is 35.3 Å². The number of fused-ring (bicyclic) bond motifs is 2. The number of sulfone groups is 1. The predicted octanol–water partition coefficient (Wildman–Crippen LogP) is 5.67. The van der Waals surface area contributed by atoms with E-state index in [1.807, 2.05) is 24.1 Å². The molecule has 0 bridgehead atoms. The van der Waals surface area contributed by atoms with Crippen molar-refractivity contribution in [2.24, 2.45) is 5.92 Å². The minimum Gasteiger partial charge on any atom is -0.381 e. The van der Waals surface area contributed by atoms with Crippen LogP contribution in [0.2, 0.25) is 4.34 Å². The predicted molar refractivity (Wildman–Crippen MR) is 140 cm³/mol. The normalized spacial score (nSPS) is 17.6. The summed E-state index contributed by atoms with van der Waals surface area (Å²) in [5, 5.41) is 3.34. The van der Waals surface area contributed by atoms with Gasteiger partial charge in [0.15, 0.2) is 5.13 Å². The first kappa shape index (κ1) is 25.9. The van der Waals surface area contributed by atoms with Gasteiger partial charge in [-0.05, 0) is 55.0 Å². The molecule has 5 rings (SSSR count). The van der Waals surface area contributed by atoms with E-state index in [4.69, 9.17) is 16.3 Å². The molecule has 2 aromatic carbocycles. The summed E-state index contributed by atoms with van der Waals surface area (Å²) in [6.45, 7) is 1.37. The molecule has 1 atom stereocenters. The van der Waals surface area contributed by atoms with E-state index in [0.29, 0.717) is 46.4 Å². The molecule has 1 amide bonds. The van der Waals surface area contributed by atoms with Crippen LogP contribution in [0.4, 0.5) is 16.5 Å². The molecule has 0 saturated carbocycles. The zero-order valence-corrected chi connectivity index (χ0v) is 22.1. The minimum atomic E-state index is -3.65. The molecule has 1 fully saturated rings. The quantitative estimate of drug-likeness (QED) is 0.437. The van der Waals surface area contributed by atoms with Crippen molar-refractivity contribution in [2.75, 3.05) is 30.5 Å². The maximum atomic E-state index is 13.4. The van der Waals surface area contributed by atoms with Gasteiger partial charge in [-0.2, -0.15) is 0 Å². The van der Waals surface area contributed by atoms with E-state index in [-0.39, 0.29) is 28.1 Å². The molecule has 0 aliphatic carbocycles. The second-order valence-electron chi connectivity index (χ2n) is 8.56. The van der Waals surface area contributed by atoms with E-state index < -0.39 is 15.8 Å². The van der Waals surface area contributed by atoms with Gasteiger partial charge in [0, 0.05) is 20.3 Å². The molecule has 3 aromatic rings. The zero-order chi connectivity index (χ0) is 23.9. The number of ether oxygens (including phenoxy) is 1. The third-order valence-corrected chi connectivity index (χ3v) is 9.37. The van der Waals surface area contributed by atoms with Crippen molar-refractivity contribution in [1.82, 2.24) is 4.98 Å². The van der Waals surface area contributed by atoms with Crippen molar-refractivity contribution in [3.63, 3.8) is 0 Å². The number of para-hydroxylation sites is 1. The Morgan fingerprint density at radius 1 is 1.20 bits per heavy atom. The van der Waals surface area contributed by atoms with Gasteiger partial charge < -0.3 is 15.0 Å². The van der Waals surface area contributed by atoms with E-state index in [0.717, 1.165) is 18.4 Å². The van der Waals surface area contributed by atoms with Gasteiger partial charge in [-0.15, -0.1) is 12.4 Å². The SMILES string of the molecule is CN1c2ccccc2S(=O)(=O)c2ccc(C(CC3CCOCC3)C(=O)Nc3ncc(Cl)s3)cc21.Cl. The summed E-state index contributed by atoms with van der Waals surface area (Å²) in [5.74, 6) is -0.314. The Balaban J connectivity index is 0.00000289. The fourth-order valence-corrected chi connectivity index (χ4v) is 7.17. The monoisotopic (exact) mass is 553 g/mol. The molecule has 1 saturated heterocycles. The highest BCUT2D eigenvalue weighted by atomic mass is 35.5. The lowest BCUT2D eigenvalue weighted by atomic mass is 9.84. The molecule has 11 heteroatoms. The summed E-state index contributed by atoms with van der Waals surface area (Å²) in [4.78, 5) is 20.0. The standard InChI is InChI=1S/C24H24ClN3O4S2.ClH/c1-28-18-4-2-3-5-20(18)34(30,31)21-7-6-16(13-19(21)28)17(12-15-8-10-32-11-9-15)23(29)27-24-26-14-22(25)33-24;/h2-7,13-15,17H,8-12H2,1H3,(H,26,27,29);1H. The van der Waals surface area contributed by atoms with Crippen molar-refractivity contribution in [2.45, 2.75) is 35.0 Å². The maximum Gasteiger partial charge on any atom is 0.233 e. The second kappa shape index (κ2) is 10.4. The van der Waals surface area contributed by atoms with Crippen molar-refractivity contribution < 1.29 is 17.9 Å². The average molecular weight is 555 g/mol. The Hall–Kier alpha value is -2.17. The van der Waals surface area contributed by atoms with E-state index in [2.05, 4.69) is 10.3 Å². The van der Waals surface area contributed by atoms with Crippen LogP contribution in [0.15, 0.2) is 58.5 Å². The molecule has 35 heavy (non-hydrogen) atoms. The van der Waals surface area contributed by atoms with Crippen LogP contribution in [0.25, 0.3) is 0 Å². The molecule has 1 unspecified atom stereocenters. The molecule has 0 radical (unpaired) electrons. The number of nitrogens with zero attached hydrogens (tertiary/aromatic N) is 2. The van der Waals surface area contributed by atoms with Crippen molar-refractivity contribution >= 4 is 67.6 Å². The minimum absolute atomic E-state index is 0. The first-order valence-electron chi connectivity index (χ1n) is 11.1. The topological polar surface area (TPSA) is 88.6 Å². The van der Waals surface area contributed by atoms with E-state index in [9.17, 15) is 13.2 Å². The summed E-state index contributed by atoms with van der Waals surface area (Å²) >= 11 is 7.19. The number of carbonyl (C=O) groups excluding carboxylic acids is 1. The maximum absolute atomic E-state index is 13.4. The van der Waals surface area contributed by atoms with Crippen LogP contribution in [0.1, 0.15) is 30.7 Å². The highest BCUT2D eigenvalue weighted by Gasteiger charge is 2.34. The molecular formula is C24H25Cl2N3O4S2. The lowest BCUT2D eigenvalue weighted by Gasteiger charge is -2.31. The van der Waals surface area contributed by atoms with Gasteiger partial charge in [-0.1, -0.05) is 41.1 Å². The fraction of sp³-hybridized carbons (Fsp3) is 0.333. The number of benzene rings is 2. The van der Waals surface area contributed by atoms with Crippen LogP contribution in [-0.4, -0.2) is 39.6 Å². The molecule has 2 aliphatic heterocycles. The number of hydrogen-bond acceptors (Lipinski definition) is 7. The van der Waals surface area contributed by atoms with E-state index in [1.54, 1.807) is 30.3 Å². The number of amides is 1. The molecule has 186 valence electrons. The van der Waals surface area contributed by atoms with Crippen LogP contribution in [0.3, 0.4) is 0 Å². The van der Waals surface area contributed by atoms with E-state index in [1.165, 1.54) is 17.5 Å². The van der Waals surface area contributed by atoms with Gasteiger partial charge in [0.25, 0.3) is 0 Å². The number of carbonyl (C=O) groups is 1. The second-order valence-corrected chi connectivity index (χ2v) is 12.1. The molecule has 3 heterocycles. The van der Waals surface area contributed by atoms with Gasteiger partial charge in [-0.3, -0.25) is 4.79 Å². The van der Waals surface area contributed by atoms with Crippen molar-refractivity contribution in [3.8, 4) is 0 Å². The molecular weight excluding hydrogens is 529 g/mol. The highest BCUT2D eigenvalue weighted by molar-refractivity contribution is 7.92. The fourth-order valence-electron chi connectivity index (χ4n) is 4.66. The highest BCUT2D eigenvalue weighted by Crippen LogP contribution is 2.44. The van der Waals surface area contributed by atoms with Crippen molar-refractivity contribution in [1.29, 1.82) is 0 Å². The zero-order valence-electron chi connectivity index (χ0n) is 18.9. The molecule has 0 spiro atoms. The molecule has 2 aliphatic rings. The molecule has 7 nitrogen and oxygen atoms in total. The lowest BCUT2D eigenvalue weighted by Crippen LogP contribution is -2.27. The Morgan fingerprint density at radius 3 is 2.63 bits per heavy atom. The summed E-state index contributed by atoms with van der Waals surface area (Å²) in [6.07, 6.45) is 3.92. The van der Waals surface area contributed by atoms with Crippen molar-refractivity contribution in [3.05, 3.63) is 58.6 Å². The van der Waals surface area contributed by atoms with Gasteiger partial charge in [0.2, 0.25) is 15.7 Å². The van der Waals surface area contributed by atoms with Crippen LogP contribution in [-0.2, 0) is 19.4 Å². The van der Waals surface area contributed by atoms with Crippen LogP contribution in [0, 0.1) is 5.92 Å². The number of aromatic nitrogens is 1. The number of nitrogens with one attached hydrogen (secondary N) is 1. The number of thiazole rings is 1. The summed E-state index contributed by atoms with van der Waals surface area (Å²) in [5.41, 5.74) is 1.96. The molecule has 1 N–H and O–H groups in total. The van der Waals surface area contributed by atoms with Gasteiger partial charge in [0.1, 0.15) is 4.34 Å². The van der Waals surface area contributed by atoms with Gasteiger partial charge in [0.05, 0.1) is 33.3 Å². The number of rotatable bonds is 5. The van der Waals surface area contributed by atoms with Crippen LogP contribution in [0.5, 0.6) is 0 Å². The number of hydrogen-bond donors (Lipinski definition) is 1. The van der Waals surface area contributed by atoms with Gasteiger partial charge in [-0.25, -0.2) is 13.4 Å². The first-order chi connectivity index (χ1) is 16.3. The summed E-state index contributed by atoms with van der Waals surface area (Å²) in [7, 11) is -1.80. The van der Waals surface area contributed by atoms with E-state index >= 15 is 0 Å². The summed E-state index contributed by atoms with van der Waals surface area (Å²) < 4.78 is 32.5. The molecule has 1 aromatic heterocycles. The summed E-state index contributed by atoms with van der Waals surface area (Å²) in [6, 6.07) is 12.2. The average Bonchev–Trinajstić information content (AvgIpc) is 3.26. The lowest BCUT2D eigenvalue weighted by molar-refractivity contribution is -0.118. The Kier molecular flexibility index (Phi) is 7.73. The van der Waals surface area contributed by atoms with Crippen LogP contribution < -0.4 is 10.2 Å². The Morgan fingerprint density at radius 2 is 1.91 bits per heavy atom. The first-order valence-corrected chi connectivity index (χ1v) is 13.7. The number of halogens is 2. The third kappa shape index (κ3) is 5.06.